The first kappa shape index (κ1) is 26.7. The molecule has 1 heterocycles. The number of amides is 2. The van der Waals surface area contributed by atoms with Crippen molar-refractivity contribution < 1.29 is 23.5 Å². The molecule has 186 valence electrons. The molecule has 3 rings (SSSR count). The summed E-state index contributed by atoms with van der Waals surface area (Å²) in [5.74, 6) is -3.52. The first-order valence-electron chi connectivity index (χ1n) is 10.9. The van der Waals surface area contributed by atoms with E-state index in [4.69, 9.17) is 28.3 Å². The molecule has 3 unspecified atom stereocenters. The molecule has 1 saturated heterocycles. The number of carbonyl (C=O) groups excluding carboxylic acids is 1. The van der Waals surface area contributed by atoms with Crippen molar-refractivity contribution in [2.45, 2.75) is 38.6 Å². The average Bonchev–Trinajstić information content (AvgIpc) is 3.07. The third-order valence-electron chi connectivity index (χ3n) is 6.15. The number of carbonyl (C=O) groups is 2. The van der Waals surface area contributed by atoms with Crippen molar-refractivity contribution in [2.75, 3.05) is 13.1 Å². The summed E-state index contributed by atoms with van der Waals surface area (Å²) in [6.45, 7) is 5.09. The maximum Gasteiger partial charge on any atom is 0.323 e. The highest BCUT2D eigenvalue weighted by Gasteiger charge is 2.60. The molecule has 0 aliphatic carbocycles. The van der Waals surface area contributed by atoms with Gasteiger partial charge in [0.2, 0.25) is 0 Å². The van der Waals surface area contributed by atoms with Gasteiger partial charge in [-0.25, -0.2) is 13.6 Å². The van der Waals surface area contributed by atoms with Crippen LogP contribution in [0.15, 0.2) is 36.4 Å². The van der Waals surface area contributed by atoms with Gasteiger partial charge in [0, 0.05) is 28.6 Å². The summed E-state index contributed by atoms with van der Waals surface area (Å²) >= 11 is 12.0. The molecule has 0 saturated carbocycles. The molecule has 2 aromatic rings. The number of hydrogen-bond acceptors (Lipinski definition) is 3. The van der Waals surface area contributed by atoms with Crippen LogP contribution in [0.1, 0.15) is 44.4 Å². The Balaban J connectivity index is 2.33. The van der Waals surface area contributed by atoms with Crippen LogP contribution in [-0.2, 0) is 10.2 Å². The first-order chi connectivity index (χ1) is 16.3. The minimum Gasteiger partial charge on any atom is -0.480 e. The lowest BCUT2D eigenvalue weighted by molar-refractivity contribution is -0.135. The molecule has 10 heteroatoms. The Morgan fingerprint density at radius 2 is 1.94 bits per heavy atom. The smallest absolute Gasteiger partial charge is 0.323 e. The zero-order chi connectivity index (χ0) is 26.1. The van der Waals surface area contributed by atoms with Crippen LogP contribution >= 0.6 is 23.2 Å². The Kier molecular flexibility index (Phi) is 7.63. The number of rotatable bonds is 5. The van der Waals surface area contributed by atoms with Crippen molar-refractivity contribution in [3.63, 3.8) is 0 Å². The number of carboxylic acid groups (broad SMARTS) is 1. The zero-order valence-electron chi connectivity index (χ0n) is 19.4. The summed E-state index contributed by atoms with van der Waals surface area (Å²) in [4.78, 5) is 25.5. The number of nitriles is 1. The second-order valence-electron chi connectivity index (χ2n) is 9.82. The van der Waals surface area contributed by atoms with Gasteiger partial charge in [0.15, 0.2) is 0 Å². The van der Waals surface area contributed by atoms with Crippen LogP contribution < -0.4 is 5.32 Å². The Morgan fingerprint density at radius 3 is 2.51 bits per heavy atom. The predicted octanol–water partition coefficient (Wildman–Crippen LogP) is 5.94. The van der Waals surface area contributed by atoms with E-state index in [-0.39, 0.29) is 33.1 Å². The third-order valence-corrected chi connectivity index (χ3v) is 6.68. The number of halogens is 4. The van der Waals surface area contributed by atoms with E-state index >= 15 is 8.78 Å². The number of nitrogens with one attached hydrogen (secondary N) is 1. The summed E-state index contributed by atoms with van der Waals surface area (Å²) in [7, 11) is 0. The van der Waals surface area contributed by atoms with E-state index in [2.05, 4.69) is 11.4 Å². The standard InChI is InChI=1S/C25H25Cl2F2N3O3/c1-24(2,3)10-14-12-32(23(35)31-11-20(33)34)22(16-5-4-6-18(27)21(16)29)25(14,13-30)17-8-7-15(26)9-19(17)28/h4-9,14,22H,10-12H2,1-3H3,(H,31,35)(H,33,34). The molecule has 0 aromatic heterocycles. The maximum atomic E-state index is 15.4. The van der Waals surface area contributed by atoms with Crippen molar-refractivity contribution in [2.24, 2.45) is 11.3 Å². The number of carboxylic acids is 1. The number of likely N-dealkylation sites (tertiary alicyclic amines) is 1. The van der Waals surface area contributed by atoms with E-state index in [0.29, 0.717) is 6.42 Å². The molecule has 1 aliphatic heterocycles. The summed E-state index contributed by atoms with van der Waals surface area (Å²) in [6, 6.07) is 8.21. The second-order valence-corrected chi connectivity index (χ2v) is 10.7. The van der Waals surface area contributed by atoms with Crippen molar-refractivity contribution in [1.82, 2.24) is 10.2 Å². The summed E-state index contributed by atoms with van der Waals surface area (Å²) in [5, 5.41) is 21.9. The van der Waals surface area contributed by atoms with Crippen molar-refractivity contribution in [1.29, 1.82) is 5.26 Å². The van der Waals surface area contributed by atoms with Gasteiger partial charge in [-0.05, 0) is 30.0 Å². The van der Waals surface area contributed by atoms with Gasteiger partial charge in [0.05, 0.1) is 17.1 Å². The van der Waals surface area contributed by atoms with E-state index in [1.807, 2.05) is 20.8 Å². The van der Waals surface area contributed by atoms with Crippen LogP contribution in [0.4, 0.5) is 13.6 Å². The topological polar surface area (TPSA) is 93.4 Å². The molecule has 0 radical (unpaired) electrons. The lowest BCUT2D eigenvalue weighted by Crippen LogP contribution is -2.45. The van der Waals surface area contributed by atoms with Crippen LogP contribution in [0, 0.1) is 34.3 Å². The fourth-order valence-corrected chi connectivity index (χ4v) is 5.26. The largest absolute Gasteiger partial charge is 0.480 e. The molecule has 6 nitrogen and oxygen atoms in total. The molecular weight excluding hydrogens is 499 g/mol. The van der Waals surface area contributed by atoms with E-state index in [9.17, 15) is 14.9 Å². The highest BCUT2D eigenvalue weighted by atomic mass is 35.5. The number of urea groups is 1. The fraction of sp³-hybridized carbons (Fsp3) is 0.400. The molecule has 1 fully saturated rings. The average molecular weight is 524 g/mol. The maximum absolute atomic E-state index is 15.4. The number of nitrogens with zero attached hydrogens (tertiary/aromatic N) is 2. The Labute approximate surface area is 212 Å². The molecular formula is C25H25Cl2F2N3O3. The van der Waals surface area contributed by atoms with Crippen molar-refractivity contribution in [3.05, 3.63) is 69.2 Å². The second kappa shape index (κ2) is 10.00. The van der Waals surface area contributed by atoms with Crippen LogP contribution in [-0.4, -0.2) is 35.1 Å². The summed E-state index contributed by atoms with van der Waals surface area (Å²) in [6.07, 6.45) is 0.379. The number of hydrogen-bond donors (Lipinski definition) is 2. The van der Waals surface area contributed by atoms with Gasteiger partial charge in [-0.2, -0.15) is 5.26 Å². The quantitative estimate of drug-likeness (QED) is 0.507. The zero-order valence-corrected chi connectivity index (χ0v) is 20.9. The molecule has 35 heavy (non-hydrogen) atoms. The SMILES string of the molecule is CC(C)(C)CC1CN(C(=O)NCC(=O)O)C(c2cccc(Cl)c2F)C1(C#N)c1ccc(Cl)cc1F. The highest BCUT2D eigenvalue weighted by Crippen LogP contribution is 2.56. The predicted molar refractivity (Wildman–Crippen MR) is 128 cm³/mol. The Morgan fingerprint density at radius 1 is 1.26 bits per heavy atom. The fourth-order valence-electron chi connectivity index (χ4n) is 4.92. The first-order valence-corrected chi connectivity index (χ1v) is 11.6. The van der Waals surface area contributed by atoms with Crippen LogP contribution in [0.5, 0.6) is 0 Å². The van der Waals surface area contributed by atoms with Gasteiger partial charge in [0.1, 0.15) is 23.6 Å². The van der Waals surface area contributed by atoms with E-state index in [1.54, 1.807) is 0 Å². The van der Waals surface area contributed by atoms with Gasteiger partial charge in [0.25, 0.3) is 0 Å². The molecule has 2 amide bonds. The molecule has 3 atom stereocenters. The minimum absolute atomic E-state index is 0.0310. The molecule has 2 aromatic carbocycles. The molecule has 2 N–H and O–H groups in total. The minimum atomic E-state index is -1.73. The van der Waals surface area contributed by atoms with Crippen molar-refractivity contribution in [3.8, 4) is 6.07 Å². The molecule has 1 aliphatic rings. The lowest BCUT2D eigenvalue weighted by Gasteiger charge is -2.38. The van der Waals surface area contributed by atoms with Crippen LogP contribution in [0.25, 0.3) is 0 Å². The number of benzene rings is 2. The van der Waals surface area contributed by atoms with E-state index in [0.717, 1.165) is 6.07 Å². The normalized spacial score (nSPS) is 22.1. The van der Waals surface area contributed by atoms with E-state index < -0.39 is 47.6 Å². The van der Waals surface area contributed by atoms with Gasteiger partial charge in [-0.15, -0.1) is 0 Å². The summed E-state index contributed by atoms with van der Waals surface area (Å²) in [5.41, 5.74) is -2.18. The van der Waals surface area contributed by atoms with Crippen LogP contribution in [0.3, 0.4) is 0 Å². The lowest BCUT2D eigenvalue weighted by atomic mass is 9.63. The molecule has 0 bridgehead atoms. The Hall–Kier alpha value is -2.89. The van der Waals surface area contributed by atoms with Gasteiger partial charge < -0.3 is 15.3 Å². The monoisotopic (exact) mass is 523 g/mol. The van der Waals surface area contributed by atoms with Crippen LogP contribution in [0.2, 0.25) is 10.0 Å². The van der Waals surface area contributed by atoms with Gasteiger partial charge in [-0.1, -0.05) is 62.2 Å². The van der Waals surface area contributed by atoms with Crippen molar-refractivity contribution >= 4 is 35.2 Å². The molecule has 0 spiro atoms. The van der Waals surface area contributed by atoms with E-state index in [1.165, 1.54) is 35.2 Å². The van der Waals surface area contributed by atoms with Gasteiger partial charge >= 0.3 is 12.0 Å². The highest BCUT2D eigenvalue weighted by molar-refractivity contribution is 6.31. The summed E-state index contributed by atoms with van der Waals surface area (Å²) < 4.78 is 30.9. The number of aliphatic carboxylic acids is 1. The third kappa shape index (κ3) is 5.21. The van der Waals surface area contributed by atoms with Gasteiger partial charge in [-0.3, -0.25) is 4.79 Å². The Bertz CT molecular complexity index is 1200.